The van der Waals surface area contributed by atoms with E-state index in [1.165, 1.54) is 0 Å². The first-order chi connectivity index (χ1) is 12.6. The molecule has 0 saturated carbocycles. The monoisotopic (exact) mass is 355 g/mol. The number of carbonyl (C=O) groups is 1. The summed E-state index contributed by atoms with van der Waals surface area (Å²) >= 11 is 0. The Morgan fingerprint density at radius 2 is 1.77 bits per heavy atom. The van der Waals surface area contributed by atoms with Gasteiger partial charge in [0.05, 0.1) is 25.2 Å². The molecule has 5 heteroatoms. The van der Waals surface area contributed by atoms with Crippen LogP contribution in [0.2, 0.25) is 0 Å². The lowest BCUT2D eigenvalue weighted by atomic mass is 9.86. The molecule has 1 fully saturated rings. The minimum atomic E-state index is -0.802. The molecular weight excluding hydrogens is 330 g/mol. The van der Waals surface area contributed by atoms with Gasteiger partial charge in [-0.05, 0) is 30.2 Å². The third-order valence-corrected chi connectivity index (χ3v) is 4.93. The topological polar surface area (TPSA) is 59.0 Å². The van der Waals surface area contributed by atoms with Gasteiger partial charge in [-0.15, -0.1) is 0 Å². The highest BCUT2D eigenvalue weighted by Crippen LogP contribution is 2.33. The second-order valence-corrected chi connectivity index (χ2v) is 6.74. The van der Waals surface area contributed by atoms with Gasteiger partial charge in [0.2, 0.25) is 0 Å². The summed E-state index contributed by atoms with van der Waals surface area (Å²) in [6.45, 7) is 5.23. The minimum absolute atomic E-state index is 0.0528. The van der Waals surface area contributed by atoms with Crippen LogP contribution in [-0.4, -0.2) is 42.3 Å². The van der Waals surface area contributed by atoms with Crippen molar-refractivity contribution in [3.63, 3.8) is 0 Å². The number of carboxylic acid groups (broad SMARTS) is 1. The van der Waals surface area contributed by atoms with Crippen LogP contribution < -0.4 is 4.74 Å². The van der Waals surface area contributed by atoms with E-state index in [9.17, 15) is 9.90 Å². The third-order valence-electron chi connectivity index (χ3n) is 4.93. The summed E-state index contributed by atoms with van der Waals surface area (Å²) in [6, 6.07) is 17.8. The number of morpholine rings is 1. The molecule has 0 spiro atoms. The maximum atomic E-state index is 11.5. The molecule has 2 aromatic rings. The van der Waals surface area contributed by atoms with Crippen LogP contribution in [0, 0.1) is 0 Å². The summed E-state index contributed by atoms with van der Waals surface area (Å²) in [7, 11) is 0. The van der Waals surface area contributed by atoms with Crippen molar-refractivity contribution in [2.75, 3.05) is 26.3 Å². The van der Waals surface area contributed by atoms with Gasteiger partial charge < -0.3 is 14.6 Å². The first-order valence-corrected chi connectivity index (χ1v) is 8.90. The van der Waals surface area contributed by atoms with Crippen molar-refractivity contribution in [3.05, 3.63) is 65.7 Å². The van der Waals surface area contributed by atoms with Crippen LogP contribution >= 0.6 is 0 Å². The number of nitrogens with zero attached hydrogens (tertiary/aromatic N) is 1. The van der Waals surface area contributed by atoms with Gasteiger partial charge in [-0.3, -0.25) is 9.69 Å². The van der Waals surface area contributed by atoms with E-state index in [0.29, 0.717) is 19.8 Å². The van der Waals surface area contributed by atoms with Crippen LogP contribution in [0.5, 0.6) is 5.75 Å². The van der Waals surface area contributed by atoms with Crippen LogP contribution in [0.1, 0.15) is 24.5 Å². The van der Waals surface area contributed by atoms with Crippen molar-refractivity contribution in [2.45, 2.75) is 25.5 Å². The molecule has 26 heavy (non-hydrogen) atoms. The van der Waals surface area contributed by atoms with E-state index in [2.05, 4.69) is 4.90 Å². The van der Waals surface area contributed by atoms with Crippen LogP contribution in [0.25, 0.3) is 0 Å². The summed E-state index contributed by atoms with van der Waals surface area (Å²) < 4.78 is 11.3. The number of benzene rings is 2. The van der Waals surface area contributed by atoms with Crippen molar-refractivity contribution < 1.29 is 19.4 Å². The summed E-state index contributed by atoms with van der Waals surface area (Å²) in [5.41, 5.74) is 1.53. The fourth-order valence-electron chi connectivity index (χ4n) is 3.40. The molecule has 1 N–H and O–H groups in total. The molecule has 1 unspecified atom stereocenters. The number of ether oxygens (including phenoxy) is 2. The van der Waals surface area contributed by atoms with Gasteiger partial charge in [0, 0.05) is 13.1 Å². The van der Waals surface area contributed by atoms with Crippen LogP contribution in [0.15, 0.2) is 54.6 Å². The van der Waals surface area contributed by atoms with E-state index in [-0.39, 0.29) is 6.42 Å². The first kappa shape index (κ1) is 18.4. The predicted octanol–water partition coefficient (Wildman–Crippen LogP) is 3.29. The molecule has 138 valence electrons. The molecule has 0 bridgehead atoms. The molecule has 1 saturated heterocycles. The SMILES string of the molecule is CC(CC(=O)O)(c1ccc(OCc2ccccc2)cc1)N1CCOCC1. The van der Waals surface area contributed by atoms with Gasteiger partial charge in [-0.2, -0.15) is 0 Å². The van der Waals surface area contributed by atoms with Gasteiger partial charge in [0.15, 0.2) is 0 Å². The van der Waals surface area contributed by atoms with Crippen LogP contribution in [0.3, 0.4) is 0 Å². The molecule has 0 aliphatic carbocycles. The summed E-state index contributed by atoms with van der Waals surface area (Å²) in [5.74, 6) is -0.0272. The number of hydrogen-bond donors (Lipinski definition) is 1. The van der Waals surface area contributed by atoms with Gasteiger partial charge in [-0.1, -0.05) is 42.5 Å². The Morgan fingerprint density at radius 3 is 2.38 bits per heavy atom. The Balaban J connectivity index is 1.73. The molecular formula is C21H25NO4. The van der Waals surface area contributed by atoms with Gasteiger partial charge in [0.1, 0.15) is 12.4 Å². The molecule has 1 aliphatic rings. The van der Waals surface area contributed by atoms with E-state index < -0.39 is 11.5 Å². The average molecular weight is 355 g/mol. The largest absolute Gasteiger partial charge is 0.489 e. The zero-order valence-electron chi connectivity index (χ0n) is 15.1. The van der Waals surface area contributed by atoms with E-state index in [0.717, 1.165) is 30.0 Å². The maximum Gasteiger partial charge on any atom is 0.305 e. The molecule has 5 nitrogen and oxygen atoms in total. The Morgan fingerprint density at radius 1 is 1.12 bits per heavy atom. The third kappa shape index (κ3) is 4.42. The highest BCUT2D eigenvalue weighted by atomic mass is 16.5. The van der Waals surface area contributed by atoms with Crippen molar-refractivity contribution in [3.8, 4) is 5.75 Å². The Hall–Kier alpha value is -2.37. The lowest BCUT2D eigenvalue weighted by molar-refractivity contribution is -0.141. The second-order valence-electron chi connectivity index (χ2n) is 6.74. The lowest BCUT2D eigenvalue weighted by Crippen LogP contribution is -2.50. The van der Waals surface area contributed by atoms with E-state index >= 15 is 0 Å². The van der Waals surface area contributed by atoms with Crippen molar-refractivity contribution in [1.82, 2.24) is 4.90 Å². The van der Waals surface area contributed by atoms with Crippen molar-refractivity contribution >= 4 is 5.97 Å². The minimum Gasteiger partial charge on any atom is -0.489 e. The highest BCUT2D eigenvalue weighted by molar-refractivity contribution is 5.69. The van der Waals surface area contributed by atoms with Gasteiger partial charge >= 0.3 is 5.97 Å². The molecule has 3 rings (SSSR count). The van der Waals surface area contributed by atoms with Gasteiger partial charge in [-0.25, -0.2) is 0 Å². The fourth-order valence-corrected chi connectivity index (χ4v) is 3.40. The quantitative estimate of drug-likeness (QED) is 0.826. The normalized spacial score (nSPS) is 17.4. The number of carboxylic acids is 1. The molecule has 1 aliphatic heterocycles. The maximum absolute atomic E-state index is 11.5. The smallest absolute Gasteiger partial charge is 0.305 e. The molecule has 0 radical (unpaired) electrons. The Kier molecular flexibility index (Phi) is 5.91. The van der Waals surface area contributed by atoms with E-state index in [1.807, 2.05) is 61.5 Å². The Bertz CT molecular complexity index is 711. The highest BCUT2D eigenvalue weighted by Gasteiger charge is 2.36. The van der Waals surface area contributed by atoms with Crippen LogP contribution in [-0.2, 0) is 21.7 Å². The number of hydrogen-bond acceptors (Lipinski definition) is 4. The summed E-state index contributed by atoms with van der Waals surface area (Å²) in [6.07, 6.45) is 0.0528. The van der Waals surface area contributed by atoms with Gasteiger partial charge in [0.25, 0.3) is 0 Å². The summed E-state index contributed by atoms with van der Waals surface area (Å²) in [5, 5.41) is 9.42. The van der Waals surface area contributed by atoms with E-state index in [4.69, 9.17) is 9.47 Å². The molecule has 1 heterocycles. The second kappa shape index (κ2) is 8.34. The zero-order valence-corrected chi connectivity index (χ0v) is 15.1. The van der Waals surface area contributed by atoms with Crippen molar-refractivity contribution in [1.29, 1.82) is 0 Å². The average Bonchev–Trinajstić information content (AvgIpc) is 2.68. The standard InChI is InChI=1S/C21H25NO4/c1-21(15-20(23)24,22-11-13-25-14-12-22)18-7-9-19(10-8-18)26-16-17-5-3-2-4-6-17/h2-10H,11-16H2,1H3,(H,23,24). The van der Waals surface area contributed by atoms with Crippen LogP contribution in [0.4, 0.5) is 0 Å². The van der Waals surface area contributed by atoms with E-state index in [1.54, 1.807) is 0 Å². The van der Waals surface area contributed by atoms with Crippen molar-refractivity contribution in [2.24, 2.45) is 0 Å². The molecule has 1 atom stereocenters. The summed E-state index contributed by atoms with van der Waals surface area (Å²) in [4.78, 5) is 13.7. The lowest BCUT2D eigenvalue weighted by Gasteiger charge is -2.43. The first-order valence-electron chi connectivity index (χ1n) is 8.90. The molecule has 0 aromatic heterocycles. The molecule has 2 aromatic carbocycles. The number of rotatable bonds is 7. The molecule has 0 amide bonds. The Labute approximate surface area is 154 Å². The fraction of sp³-hybridized carbons (Fsp3) is 0.381. The predicted molar refractivity (Wildman–Crippen MR) is 99.2 cm³/mol. The zero-order chi connectivity index (χ0) is 18.4. The number of aliphatic carboxylic acids is 1.